The molecule has 0 saturated carbocycles. The number of carbonyl (C=O) groups is 2. The molecule has 1 N–H and O–H groups in total. The number of rotatable bonds is 6. The number of carbonyl (C=O) groups excluding carboxylic acids is 2. The van der Waals surface area contributed by atoms with E-state index in [9.17, 15) is 18.0 Å². The normalized spacial score (nSPS) is 10.9. The molecule has 24 heavy (non-hydrogen) atoms. The SMILES string of the molecule is COC(=O)c1ccoc1COC(=O)c1cccc(NS(C)(=O)=O)c1. The number of esters is 2. The largest absolute Gasteiger partial charge is 0.465 e. The van der Waals surface area contributed by atoms with Crippen molar-refractivity contribution in [1.29, 1.82) is 0 Å². The maximum atomic E-state index is 12.1. The van der Waals surface area contributed by atoms with E-state index in [1.807, 2.05) is 0 Å². The lowest BCUT2D eigenvalue weighted by molar-refractivity contribution is 0.0432. The maximum Gasteiger partial charge on any atom is 0.341 e. The van der Waals surface area contributed by atoms with Crippen LogP contribution in [0.3, 0.4) is 0 Å². The molecule has 0 aliphatic heterocycles. The Hall–Kier alpha value is -2.81. The molecule has 0 fully saturated rings. The number of nitrogens with one attached hydrogen (secondary N) is 1. The summed E-state index contributed by atoms with van der Waals surface area (Å²) in [7, 11) is -2.23. The lowest BCUT2D eigenvalue weighted by Gasteiger charge is -2.07. The Kier molecular flexibility index (Phi) is 5.24. The second kappa shape index (κ2) is 7.18. The summed E-state index contributed by atoms with van der Waals surface area (Å²) in [6, 6.07) is 7.23. The molecule has 128 valence electrons. The Morgan fingerprint density at radius 3 is 2.62 bits per heavy atom. The lowest BCUT2D eigenvalue weighted by atomic mass is 10.2. The van der Waals surface area contributed by atoms with Crippen LogP contribution in [-0.2, 0) is 26.1 Å². The third-order valence-corrected chi connectivity index (χ3v) is 3.49. The zero-order chi connectivity index (χ0) is 17.7. The van der Waals surface area contributed by atoms with E-state index in [4.69, 9.17) is 9.15 Å². The summed E-state index contributed by atoms with van der Waals surface area (Å²) in [5.41, 5.74) is 0.549. The number of hydrogen-bond donors (Lipinski definition) is 1. The first-order valence-electron chi connectivity index (χ1n) is 6.70. The van der Waals surface area contributed by atoms with Gasteiger partial charge >= 0.3 is 11.9 Å². The summed E-state index contributed by atoms with van der Waals surface area (Å²) in [5.74, 6) is -1.14. The van der Waals surface area contributed by atoms with Crippen LogP contribution >= 0.6 is 0 Å². The monoisotopic (exact) mass is 353 g/mol. The third-order valence-electron chi connectivity index (χ3n) is 2.89. The van der Waals surface area contributed by atoms with Crippen molar-refractivity contribution in [2.24, 2.45) is 0 Å². The second-order valence-electron chi connectivity index (χ2n) is 4.78. The van der Waals surface area contributed by atoms with Gasteiger partial charge in [-0.2, -0.15) is 0 Å². The van der Waals surface area contributed by atoms with Crippen molar-refractivity contribution in [1.82, 2.24) is 0 Å². The van der Waals surface area contributed by atoms with Gasteiger partial charge in [0.1, 0.15) is 5.56 Å². The van der Waals surface area contributed by atoms with Crippen molar-refractivity contribution in [2.45, 2.75) is 6.61 Å². The second-order valence-corrected chi connectivity index (χ2v) is 6.53. The fraction of sp³-hybridized carbons (Fsp3) is 0.200. The van der Waals surface area contributed by atoms with E-state index in [1.54, 1.807) is 0 Å². The zero-order valence-electron chi connectivity index (χ0n) is 12.9. The van der Waals surface area contributed by atoms with Crippen molar-refractivity contribution in [2.75, 3.05) is 18.1 Å². The molecule has 2 rings (SSSR count). The lowest BCUT2D eigenvalue weighted by Crippen LogP contribution is -2.11. The molecule has 1 heterocycles. The van der Waals surface area contributed by atoms with Gasteiger partial charge in [-0.3, -0.25) is 4.72 Å². The summed E-state index contributed by atoms with van der Waals surface area (Å²) in [6.45, 7) is -0.264. The van der Waals surface area contributed by atoms with Crippen molar-refractivity contribution in [3.05, 3.63) is 53.5 Å². The molecular weight excluding hydrogens is 338 g/mol. The Morgan fingerprint density at radius 1 is 1.21 bits per heavy atom. The molecule has 0 unspecified atom stereocenters. The van der Waals surface area contributed by atoms with Gasteiger partial charge in [0.15, 0.2) is 12.4 Å². The van der Waals surface area contributed by atoms with Gasteiger partial charge in [-0.1, -0.05) is 6.07 Å². The van der Waals surface area contributed by atoms with Crippen LogP contribution in [0.2, 0.25) is 0 Å². The highest BCUT2D eigenvalue weighted by Crippen LogP contribution is 2.16. The Labute approximate surface area is 138 Å². The van der Waals surface area contributed by atoms with Crippen molar-refractivity contribution in [3.8, 4) is 0 Å². The zero-order valence-corrected chi connectivity index (χ0v) is 13.8. The van der Waals surface area contributed by atoms with Gasteiger partial charge in [-0.25, -0.2) is 18.0 Å². The van der Waals surface area contributed by atoms with E-state index in [2.05, 4.69) is 9.46 Å². The summed E-state index contributed by atoms with van der Waals surface area (Å²) >= 11 is 0. The first-order chi connectivity index (χ1) is 11.3. The minimum absolute atomic E-state index is 0.148. The highest BCUT2D eigenvalue weighted by atomic mass is 32.2. The quantitative estimate of drug-likeness (QED) is 0.788. The fourth-order valence-electron chi connectivity index (χ4n) is 1.88. The highest BCUT2D eigenvalue weighted by molar-refractivity contribution is 7.92. The molecule has 0 bridgehead atoms. The van der Waals surface area contributed by atoms with E-state index < -0.39 is 22.0 Å². The predicted molar refractivity (Wildman–Crippen MR) is 84.1 cm³/mol. The maximum absolute atomic E-state index is 12.1. The van der Waals surface area contributed by atoms with Crippen LogP contribution in [0, 0.1) is 0 Å². The molecule has 1 aromatic heterocycles. The first-order valence-corrected chi connectivity index (χ1v) is 8.59. The number of methoxy groups -OCH3 is 1. The molecule has 0 spiro atoms. The Bertz CT molecular complexity index is 854. The molecule has 0 radical (unpaired) electrons. The van der Waals surface area contributed by atoms with Gasteiger partial charge in [-0.15, -0.1) is 0 Å². The molecule has 2 aromatic rings. The van der Waals surface area contributed by atoms with E-state index in [0.29, 0.717) is 0 Å². The smallest absolute Gasteiger partial charge is 0.341 e. The minimum Gasteiger partial charge on any atom is -0.465 e. The van der Waals surface area contributed by atoms with E-state index in [-0.39, 0.29) is 29.2 Å². The van der Waals surface area contributed by atoms with Crippen LogP contribution in [-0.4, -0.2) is 33.7 Å². The number of benzene rings is 1. The third kappa shape index (κ3) is 4.59. The molecule has 0 saturated heterocycles. The van der Waals surface area contributed by atoms with Crippen LogP contribution in [0.1, 0.15) is 26.5 Å². The molecule has 0 amide bonds. The summed E-state index contributed by atoms with van der Waals surface area (Å²) in [4.78, 5) is 23.6. The molecule has 0 atom stereocenters. The van der Waals surface area contributed by atoms with Crippen molar-refractivity contribution < 1.29 is 31.9 Å². The molecular formula is C15H15NO7S. The topological polar surface area (TPSA) is 112 Å². The average molecular weight is 353 g/mol. The van der Waals surface area contributed by atoms with Crippen molar-refractivity contribution in [3.63, 3.8) is 0 Å². The highest BCUT2D eigenvalue weighted by Gasteiger charge is 2.17. The standard InChI is InChI=1S/C15H15NO7S/c1-21-15(18)12-6-7-22-13(12)9-23-14(17)10-4-3-5-11(8-10)16-24(2,19)20/h3-8,16H,9H2,1-2H3. The van der Waals surface area contributed by atoms with Crippen LogP contribution in [0.25, 0.3) is 0 Å². The van der Waals surface area contributed by atoms with Crippen LogP contribution in [0.4, 0.5) is 5.69 Å². The summed E-state index contributed by atoms with van der Waals surface area (Å²) in [5, 5.41) is 0. The van der Waals surface area contributed by atoms with Crippen LogP contribution in [0.15, 0.2) is 41.0 Å². The van der Waals surface area contributed by atoms with E-state index >= 15 is 0 Å². The summed E-state index contributed by atoms with van der Waals surface area (Å²) < 4.78 is 39.4. The Morgan fingerprint density at radius 2 is 1.96 bits per heavy atom. The molecule has 0 aliphatic rings. The predicted octanol–water partition coefficient (Wildman–Crippen LogP) is 1.79. The van der Waals surface area contributed by atoms with E-state index in [0.717, 1.165) is 6.26 Å². The molecule has 9 heteroatoms. The average Bonchev–Trinajstić information content (AvgIpc) is 2.99. The Balaban J connectivity index is 2.07. The van der Waals surface area contributed by atoms with Crippen molar-refractivity contribution >= 4 is 27.6 Å². The van der Waals surface area contributed by atoms with Gasteiger partial charge in [-0.05, 0) is 24.3 Å². The molecule has 1 aromatic carbocycles. The minimum atomic E-state index is -3.45. The summed E-state index contributed by atoms with van der Waals surface area (Å²) in [6.07, 6.45) is 2.29. The van der Waals surface area contributed by atoms with Crippen LogP contribution < -0.4 is 4.72 Å². The van der Waals surface area contributed by atoms with Gasteiger partial charge in [0.05, 0.1) is 25.2 Å². The van der Waals surface area contributed by atoms with E-state index in [1.165, 1.54) is 43.7 Å². The first kappa shape index (κ1) is 17.5. The van der Waals surface area contributed by atoms with Crippen LogP contribution in [0.5, 0.6) is 0 Å². The van der Waals surface area contributed by atoms with Gasteiger partial charge in [0, 0.05) is 5.69 Å². The number of sulfonamides is 1. The number of hydrogen-bond acceptors (Lipinski definition) is 7. The van der Waals surface area contributed by atoms with Gasteiger partial charge in [0.25, 0.3) is 0 Å². The molecule has 8 nitrogen and oxygen atoms in total. The number of ether oxygens (including phenoxy) is 2. The van der Waals surface area contributed by atoms with Gasteiger partial charge < -0.3 is 13.9 Å². The number of anilines is 1. The van der Waals surface area contributed by atoms with Gasteiger partial charge in [0.2, 0.25) is 10.0 Å². The number of furan rings is 1. The fourth-order valence-corrected chi connectivity index (χ4v) is 2.44. The molecule has 0 aliphatic carbocycles.